The lowest BCUT2D eigenvalue weighted by molar-refractivity contribution is -0.110. The van der Waals surface area contributed by atoms with Gasteiger partial charge in [-0.3, -0.25) is 4.79 Å². The molecule has 1 aliphatic rings. The molecule has 0 bridgehead atoms. The zero-order chi connectivity index (χ0) is 13.6. The third kappa shape index (κ3) is 5.78. The molecule has 1 rings (SSSR count). The third-order valence-corrected chi connectivity index (χ3v) is 3.67. The fourth-order valence-electron chi connectivity index (χ4n) is 1.89. The molecule has 0 spiro atoms. The predicted octanol–water partition coefficient (Wildman–Crippen LogP) is 2.23. The van der Waals surface area contributed by atoms with Gasteiger partial charge in [0.25, 0.3) is 0 Å². The number of hydrogen-bond donors (Lipinski definition) is 3. The smallest absolute Gasteiger partial charge is 0.228 e. The summed E-state index contributed by atoms with van der Waals surface area (Å²) >= 11 is 22.3. The van der Waals surface area contributed by atoms with Crippen LogP contribution in [0.2, 0.25) is 0 Å². The van der Waals surface area contributed by atoms with Crippen molar-refractivity contribution < 1.29 is 4.79 Å². The maximum atomic E-state index is 10.4. The molecule has 0 saturated heterocycles. The van der Waals surface area contributed by atoms with Gasteiger partial charge in [-0.15, -0.1) is 0 Å². The number of nitrogens with one attached hydrogen (secondary N) is 3. The number of hydrogen-bond acceptors (Lipinski definition) is 2. The van der Waals surface area contributed by atoms with Crippen LogP contribution >= 0.6 is 47.0 Å². The lowest BCUT2D eigenvalue weighted by atomic mass is 9.96. The fourth-order valence-corrected chi connectivity index (χ4v) is 2.53. The highest BCUT2D eigenvalue weighted by molar-refractivity contribution is 7.80. The van der Waals surface area contributed by atoms with Gasteiger partial charge in [0.05, 0.1) is 0 Å². The average molecular weight is 333 g/mol. The molecule has 1 fully saturated rings. The molecule has 0 aromatic heterocycles. The van der Waals surface area contributed by atoms with Crippen molar-refractivity contribution in [2.24, 2.45) is 0 Å². The Kier molecular flexibility index (Phi) is 6.77. The van der Waals surface area contributed by atoms with Gasteiger partial charge in [-0.05, 0) is 25.1 Å². The van der Waals surface area contributed by atoms with E-state index >= 15 is 0 Å². The van der Waals surface area contributed by atoms with Gasteiger partial charge in [-0.1, -0.05) is 54.1 Å². The molecule has 1 unspecified atom stereocenters. The minimum atomic E-state index is -1.67. The topological polar surface area (TPSA) is 53.2 Å². The van der Waals surface area contributed by atoms with Crippen LogP contribution in [0.25, 0.3) is 0 Å². The summed E-state index contributed by atoms with van der Waals surface area (Å²) in [6, 6.07) is 0.353. The van der Waals surface area contributed by atoms with Gasteiger partial charge in [0, 0.05) is 6.04 Å². The van der Waals surface area contributed by atoms with E-state index in [0.717, 1.165) is 12.8 Å². The molecule has 1 aliphatic carbocycles. The van der Waals surface area contributed by atoms with Crippen LogP contribution in [-0.2, 0) is 4.79 Å². The summed E-state index contributed by atoms with van der Waals surface area (Å²) in [6.45, 7) is 0. The van der Waals surface area contributed by atoms with Crippen molar-refractivity contribution in [1.82, 2.24) is 16.0 Å². The van der Waals surface area contributed by atoms with Crippen LogP contribution in [0.15, 0.2) is 0 Å². The summed E-state index contributed by atoms with van der Waals surface area (Å²) in [4.78, 5) is 10.4. The second-order valence-electron chi connectivity index (χ2n) is 4.21. The van der Waals surface area contributed by atoms with Crippen LogP contribution in [0.5, 0.6) is 0 Å². The summed E-state index contributed by atoms with van der Waals surface area (Å²) in [6.07, 6.45) is 5.43. The zero-order valence-corrected chi connectivity index (χ0v) is 12.8. The van der Waals surface area contributed by atoms with Gasteiger partial charge < -0.3 is 16.0 Å². The van der Waals surface area contributed by atoms with Crippen molar-refractivity contribution in [3.63, 3.8) is 0 Å². The third-order valence-electron chi connectivity index (χ3n) is 2.78. The van der Waals surface area contributed by atoms with Crippen LogP contribution in [0, 0.1) is 0 Å². The molecule has 1 atom stereocenters. The van der Waals surface area contributed by atoms with E-state index in [1.165, 1.54) is 19.3 Å². The summed E-state index contributed by atoms with van der Waals surface area (Å²) < 4.78 is -1.67. The Balaban J connectivity index is 2.42. The molecule has 104 valence electrons. The first-order valence-electron chi connectivity index (χ1n) is 5.77. The molecule has 0 heterocycles. The van der Waals surface area contributed by atoms with Gasteiger partial charge in [-0.2, -0.15) is 0 Å². The maximum Gasteiger partial charge on any atom is 0.228 e. The summed E-state index contributed by atoms with van der Waals surface area (Å²) in [5.74, 6) is 0. The quantitative estimate of drug-likeness (QED) is 0.320. The van der Waals surface area contributed by atoms with E-state index in [0.29, 0.717) is 17.6 Å². The zero-order valence-electron chi connectivity index (χ0n) is 9.72. The lowest BCUT2D eigenvalue weighted by Gasteiger charge is -2.29. The Morgan fingerprint density at radius 3 is 2.39 bits per heavy atom. The van der Waals surface area contributed by atoms with Gasteiger partial charge in [0.2, 0.25) is 10.2 Å². The molecule has 3 N–H and O–H groups in total. The number of carbonyl (C=O) groups excluding carboxylic acids is 1. The van der Waals surface area contributed by atoms with E-state index in [9.17, 15) is 4.79 Å². The highest BCUT2D eigenvalue weighted by Crippen LogP contribution is 2.28. The first-order valence-corrected chi connectivity index (χ1v) is 7.31. The van der Waals surface area contributed by atoms with Crippen LogP contribution < -0.4 is 16.0 Å². The number of alkyl halides is 3. The van der Waals surface area contributed by atoms with E-state index in [-0.39, 0.29) is 0 Å². The molecule has 8 heteroatoms. The van der Waals surface area contributed by atoms with Crippen molar-refractivity contribution in [2.75, 3.05) is 0 Å². The van der Waals surface area contributed by atoms with Crippen LogP contribution in [0.4, 0.5) is 0 Å². The minimum Gasteiger partial charge on any atom is -0.360 e. The lowest BCUT2D eigenvalue weighted by Crippen LogP contribution is -2.56. The minimum absolute atomic E-state index is 0.353. The van der Waals surface area contributed by atoms with E-state index in [1.54, 1.807) is 0 Å². The Morgan fingerprint density at radius 2 is 1.89 bits per heavy atom. The molecular weight excluding hydrogens is 317 g/mol. The van der Waals surface area contributed by atoms with Crippen molar-refractivity contribution >= 4 is 58.5 Å². The second kappa shape index (κ2) is 7.58. The van der Waals surface area contributed by atoms with Crippen LogP contribution in [0.3, 0.4) is 0 Å². The van der Waals surface area contributed by atoms with Crippen molar-refractivity contribution in [2.45, 2.75) is 48.1 Å². The molecular formula is C10H16Cl3N3OS. The summed E-state index contributed by atoms with van der Waals surface area (Å²) in [5.41, 5.74) is 0. The first-order chi connectivity index (χ1) is 8.43. The van der Waals surface area contributed by atoms with Gasteiger partial charge in [-0.25, -0.2) is 0 Å². The molecule has 1 amide bonds. The Morgan fingerprint density at radius 1 is 1.28 bits per heavy atom. The van der Waals surface area contributed by atoms with E-state index < -0.39 is 9.96 Å². The number of thiocarbonyl (C=S) groups is 1. The summed E-state index contributed by atoms with van der Waals surface area (Å²) in [7, 11) is 0. The van der Waals surface area contributed by atoms with E-state index in [4.69, 9.17) is 47.0 Å². The monoisotopic (exact) mass is 331 g/mol. The molecule has 0 aromatic rings. The Hall–Kier alpha value is 0.0300. The molecule has 18 heavy (non-hydrogen) atoms. The van der Waals surface area contributed by atoms with Gasteiger partial charge >= 0.3 is 0 Å². The Bertz CT molecular complexity index is 293. The van der Waals surface area contributed by atoms with Crippen molar-refractivity contribution in [1.29, 1.82) is 0 Å². The first kappa shape index (κ1) is 16.1. The average Bonchev–Trinajstić information content (AvgIpc) is 2.28. The van der Waals surface area contributed by atoms with Gasteiger partial charge in [0.1, 0.15) is 6.17 Å². The molecule has 0 aromatic carbocycles. The van der Waals surface area contributed by atoms with Crippen molar-refractivity contribution in [3.05, 3.63) is 0 Å². The molecule has 0 radical (unpaired) electrons. The second-order valence-corrected chi connectivity index (χ2v) is 6.99. The Labute approximate surface area is 127 Å². The number of halogens is 3. The predicted molar refractivity (Wildman–Crippen MR) is 79.0 cm³/mol. The SMILES string of the molecule is O=CNC(NC(=S)NC1CCCCC1)C(Cl)(Cl)Cl. The highest BCUT2D eigenvalue weighted by Gasteiger charge is 2.33. The van der Waals surface area contributed by atoms with E-state index in [1.807, 2.05) is 0 Å². The fraction of sp³-hybridized carbons (Fsp3) is 0.800. The maximum absolute atomic E-state index is 10.4. The highest BCUT2D eigenvalue weighted by atomic mass is 35.6. The largest absolute Gasteiger partial charge is 0.360 e. The number of amides is 1. The number of rotatable bonds is 4. The van der Waals surface area contributed by atoms with Crippen LogP contribution in [0.1, 0.15) is 32.1 Å². The molecule has 1 saturated carbocycles. The standard InChI is InChI=1S/C10H16Cl3N3OS/c11-10(12,13)8(14-6-17)16-9(18)15-7-4-2-1-3-5-7/h6-8H,1-5H2,(H,14,17)(H2,15,16,18). The van der Waals surface area contributed by atoms with Crippen molar-refractivity contribution in [3.8, 4) is 0 Å². The van der Waals surface area contributed by atoms with E-state index in [2.05, 4.69) is 16.0 Å². The molecule has 4 nitrogen and oxygen atoms in total. The normalized spacial score (nSPS) is 18.8. The molecule has 0 aliphatic heterocycles. The summed E-state index contributed by atoms with van der Waals surface area (Å²) in [5, 5.41) is 8.71. The van der Waals surface area contributed by atoms with Gasteiger partial charge in [0.15, 0.2) is 5.11 Å². The van der Waals surface area contributed by atoms with Crippen LogP contribution in [-0.4, -0.2) is 27.5 Å². The number of carbonyl (C=O) groups is 1.